The maximum atomic E-state index is 12.4. The highest BCUT2D eigenvalue weighted by molar-refractivity contribution is 8.00. The number of halogens is 1. The molecule has 24 heavy (non-hydrogen) atoms. The van der Waals surface area contributed by atoms with Crippen molar-refractivity contribution in [1.82, 2.24) is 0 Å². The van der Waals surface area contributed by atoms with Crippen molar-refractivity contribution in [2.45, 2.75) is 36.3 Å². The number of thioether (sulfide) groups is 1. The van der Waals surface area contributed by atoms with Gasteiger partial charge in [0.05, 0.1) is 0 Å². The summed E-state index contributed by atoms with van der Waals surface area (Å²) in [5, 5.41) is 9.16. The number of aliphatic carboxylic acids is 1. The summed E-state index contributed by atoms with van der Waals surface area (Å²) in [7, 11) is 0. The van der Waals surface area contributed by atoms with Crippen molar-refractivity contribution in [2.24, 2.45) is 0 Å². The first kappa shape index (κ1) is 18.6. The fourth-order valence-corrected chi connectivity index (χ4v) is 3.28. The molecular formula is C19H19ClO3S. The highest BCUT2D eigenvalue weighted by Gasteiger charge is 2.23. The highest BCUT2D eigenvalue weighted by atomic mass is 35.5. The quantitative estimate of drug-likeness (QED) is 0.537. The van der Waals surface area contributed by atoms with Gasteiger partial charge in [0, 0.05) is 21.9 Å². The minimum atomic E-state index is -0.998. The molecule has 0 spiro atoms. The molecule has 0 amide bonds. The molecule has 0 radical (unpaired) electrons. The third-order valence-corrected chi connectivity index (χ3v) is 5.09. The van der Waals surface area contributed by atoms with Gasteiger partial charge < -0.3 is 5.11 Å². The molecule has 0 aliphatic carbocycles. The SMILES string of the molecule is CC(C)c1ccc(C(=O)C[C@@H](Sc2ccc(Cl)cc2)C(=O)O)cc1. The second-order valence-electron chi connectivity index (χ2n) is 5.80. The summed E-state index contributed by atoms with van der Waals surface area (Å²) in [5.74, 6) is -0.775. The number of hydrogen-bond donors (Lipinski definition) is 1. The van der Waals surface area contributed by atoms with Gasteiger partial charge in [-0.2, -0.15) is 0 Å². The van der Waals surface area contributed by atoms with E-state index in [0.29, 0.717) is 16.5 Å². The van der Waals surface area contributed by atoms with Crippen molar-refractivity contribution in [3.63, 3.8) is 0 Å². The first-order valence-electron chi connectivity index (χ1n) is 7.65. The smallest absolute Gasteiger partial charge is 0.317 e. The van der Waals surface area contributed by atoms with Crippen LogP contribution in [0.2, 0.25) is 5.02 Å². The number of benzene rings is 2. The number of ketones is 1. The van der Waals surface area contributed by atoms with Crippen LogP contribution < -0.4 is 0 Å². The van der Waals surface area contributed by atoms with Crippen molar-refractivity contribution in [3.05, 3.63) is 64.7 Å². The second kappa shape index (κ2) is 8.36. The molecule has 0 aromatic heterocycles. The van der Waals surface area contributed by atoms with E-state index in [1.54, 1.807) is 36.4 Å². The molecule has 0 aliphatic rings. The van der Waals surface area contributed by atoms with E-state index >= 15 is 0 Å². The Morgan fingerprint density at radius 2 is 1.62 bits per heavy atom. The fourth-order valence-electron chi connectivity index (χ4n) is 2.20. The van der Waals surface area contributed by atoms with Crippen LogP contribution in [-0.4, -0.2) is 22.1 Å². The van der Waals surface area contributed by atoms with Gasteiger partial charge in [-0.1, -0.05) is 49.7 Å². The summed E-state index contributed by atoms with van der Waals surface area (Å²) in [4.78, 5) is 24.6. The number of hydrogen-bond acceptors (Lipinski definition) is 3. The van der Waals surface area contributed by atoms with Crippen LogP contribution in [0.4, 0.5) is 0 Å². The van der Waals surface area contributed by atoms with Gasteiger partial charge in [0.15, 0.2) is 5.78 Å². The van der Waals surface area contributed by atoms with Crippen molar-refractivity contribution in [2.75, 3.05) is 0 Å². The van der Waals surface area contributed by atoms with Crippen LogP contribution in [0.1, 0.15) is 42.1 Å². The molecule has 0 unspecified atom stereocenters. The molecule has 0 fully saturated rings. The van der Waals surface area contributed by atoms with E-state index in [1.165, 1.54) is 0 Å². The molecule has 0 heterocycles. The van der Waals surface area contributed by atoms with Crippen LogP contribution >= 0.6 is 23.4 Å². The van der Waals surface area contributed by atoms with Gasteiger partial charge in [0.1, 0.15) is 5.25 Å². The average molecular weight is 363 g/mol. The largest absolute Gasteiger partial charge is 0.480 e. The number of Topliss-reactive ketones (excluding diaryl/α,β-unsaturated/α-hetero) is 1. The Hall–Kier alpha value is -1.78. The number of carboxylic acid groups (broad SMARTS) is 1. The third-order valence-electron chi connectivity index (χ3n) is 3.64. The van der Waals surface area contributed by atoms with Crippen LogP contribution in [0.5, 0.6) is 0 Å². The molecule has 3 nitrogen and oxygen atoms in total. The predicted octanol–water partition coefficient (Wildman–Crippen LogP) is 5.28. The van der Waals surface area contributed by atoms with Gasteiger partial charge in [0.25, 0.3) is 0 Å². The average Bonchev–Trinajstić information content (AvgIpc) is 2.56. The third kappa shape index (κ3) is 5.11. The summed E-state index contributed by atoms with van der Waals surface area (Å²) < 4.78 is 0. The zero-order chi connectivity index (χ0) is 17.7. The van der Waals surface area contributed by atoms with Gasteiger partial charge in [-0.05, 0) is 35.7 Å². The lowest BCUT2D eigenvalue weighted by molar-refractivity contribution is -0.136. The molecule has 2 aromatic carbocycles. The summed E-state index contributed by atoms with van der Waals surface area (Å²) in [6.45, 7) is 4.17. The van der Waals surface area contributed by atoms with Crippen LogP contribution in [0.3, 0.4) is 0 Å². The van der Waals surface area contributed by atoms with Crippen molar-refractivity contribution >= 4 is 35.1 Å². The number of carbonyl (C=O) groups excluding carboxylic acids is 1. The highest BCUT2D eigenvalue weighted by Crippen LogP contribution is 2.28. The number of rotatable bonds is 7. The van der Waals surface area contributed by atoms with E-state index < -0.39 is 11.2 Å². The second-order valence-corrected chi connectivity index (χ2v) is 7.52. The van der Waals surface area contributed by atoms with Crippen LogP contribution in [-0.2, 0) is 4.79 Å². The zero-order valence-corrected chi connectivity index (χ0v) is 15.1. The molecule has 126 valence electrons. The maximum absolute atomic E-state index is 12.4. The number of carboxylic acids is 1. The predicted molar refractivity (Wildman–Crippen MR) is 98.2 cm³/mol. The van der Waals surface area contributed by atoms with Gasteiger partial charge in [0.2, 0.25) is 0 Å². The summed E-state index contributed by atoms with van der Waals surface area (Å²) in [6, 6.07) is 14.3. The fraction of sp³-hybridized carbons (Fsp3) is 0.263. The Morgan fingerprint density at radius 1 is 1.04 bits per heavy atom. The lowest BCUT2D eigenvalue weighted by Gasteiger charge is -2.12. The molecule has 0 aliphatic heterocycles. The van der Waals surface area contributed by atoms with E-state index in [1.807, 2.05) is 12.1 Å². The molecule has 2 rings (SSSR count). The van der Waals surface area contributed by atoms with Crippen LogP contribution in [0.25, 0.3) is 0 Å². The lowest BCUT2D eigenvalue weighted by Crippen LogP contribution is -2.20. The molecule has 1 atom stereocenters. The minimum Gasteiger partial charge on any atom is -0.480 e. The standard InChI is InChI=1S/C19H19ClO3S/c1-12(2)13-3-5-14(6-4-13)17(21)11-18(19(22)23)24-16-9-7-15(20)8-10-16/h3-10,12,18H,11H2,1-2H3,(H,22,23)/t18-/m1/s1. The molecule has 2 aromatic rings. The van der Waals surface area contributed by atoms with Crippen molar-refractivity contribution in [3.8, 4) is 0 Å². The Morgan fingerprint density at radius 3 is 2.12 bits per heavy atom. The molecular weight excluding hydrogens is 344 g/mol. The van der Waals surface area contributed by atoms with Gasteiger partial charge in [-0.3, -0.25) is 9.59 Å². The van der Waals surface area contributed by atoms with E-state index in [0.717, 1.165) is 22.2 Å². The Balaban J connectivity index is 2.07. The van der Waals surface area contributed by atoms with E-state index in [4.69, 9.17) is 11.6 Å². The van der Waals surface area contributed by atoms with Gasteiger partial charge in [-0.15, -0.1) is 11.8 Å². The molecule has 5 heteroatoms. The summed E-state index contributed by atoms with van der Waals surface area (Å²) in [5.41, 5.74) is 1.69. The van der Waals surface area contributed by atoms with Gasteiger partial charge in [-0.25, -0.2) is 0 Å². The maximum Gasteiger partial charge on any atom is 0.317 e. The summed E-state index contributed by atoms with van der Waals surface area (Å²) >= 11 is 6.99. The first-order valence-corrected chi connectivity index (χ1v) is 8.90. The normalized spacial score (nSPS) is 12.2. The zero-order valence-electron chi connectivity index (χ0n) is 13.5. The van der Waals surface area contributed by atoms with Crippen molar-refractivity contribution in [1.29, 1.82) is 0 Å². The van der Waals surface area contributed by atoms with Crippen LogP contribution in [0, 0.1) is 0 Å². The number of carbonyl (C=O) groups is 2. The molecule has 0 saturated heterocycles. The lowest BCUT2D eigenvalue weighted by atomic mass is 9.99. The van der Waals surface area contributed by atoms with E-state index in [-0.39, 0.29) is 12.2 Å². The van der Waals surface area contributed by atoms with Crippen molar-refractivity contribution < 1.29 is 14.7 Å². The molecule has 0 bridgehead atoms. The Labute approximate surface area is 151 Å². The van der Waals surface area contributed by atoms with Gasteiger partial charge >= 0.3 is 5.97 Å². The monoisotopic (exact) mass is 362 g/mol. The van der Waals surface area contributed by atoms with E-state index in [9.17, 15) is 14.7 Å². The summed E-state index contributed by atoms with van der Waals surface area (Å²) in [6.07, 6.45) is -0.0519. The first-order chi connectivity index (χ1) is 11.4. The topological polar surface area (TPSA) is 54.4 Å². The van der Waals surface area contributed by atoms with Crippen LogP contribution in [0.15, 0.2) is 53.4 Å². The molecule has 1 N–H and O–H groups in total. The Kier molecular flexibility index (Phi) is 6.46. The minimum absolute atomic E-state index is 0.0519. The molecule has 0 saturated carbocycles. The van der Waals surface area contributed by atoms with E-state index in [2.05, 4.69) is 13.8 Å². The Bertz CT molecular complexity index is 708.